The van der Waals surface area contributed by atoms with Crippen LogP contribution in [0.1, 0.15) is 31.2 Å². The van der Waals surface area contributed by atoms with Crippen molar-refractivity contribution in [2.45, 2.75) is 38.4 Å². The summed E-state index contributed by atoms with van der Waals surface area (Å²) >= 11 is 0. The zero-order chi connectivity index (χ0) is 22.0. The summed E-state index contributed by atoms with van der Waals surface area (Å²) in [7, 11) is 0. The molecule has 4 heterocycles. The van der Waals surface area contributed by atoms with Gasteiger partial charge < -0.3 is 24.6 Å². The number of ether oxygens (including phenoxy) is 2. The van der Waals surface area contributed by atoms with Gasteiger partial charge in [0.1, 0.15) is 18.0 Å². The van der Waals surface area contributed by atoms with E-state index in [-0.39, 0.29) is 11.8 Å². The molecule has 1 aromatic carbocycles. The van der Waals surface area contributed by atoms with Crippen LogP contribution in [0.15, 0.2) is 36.7 Å². The van der Waals surface area contributed by atoms with Crippen molar-refractivity contribution in [2.24, 2.45) is 5.92 Å². The predicted octanol–water partition coefficient (Wildman–Crippen LogP) is 3.11. The number of nitrogens with one attached hydrogen (secondary N) is 1. The molecule has 0 saturated carbocycles. The molecule has 0 atom stereocenters. The predicted molar refractivity (Wildman–Crippen MR) is 122 cm³/mol. The summed E-state index contributed by atoms with van der Waals surface area (Å²) in [4.78, 5) is 26.2. The zero-order valence-corrected chi connectivity index (χ0v) is 18.6. The Kier molecular flexibility index (Phi) is 5.97. The minimum atomic E-state index is -0.433. The maximum absolute atomic E-state index is 13.1. The highest BCUT2D eigenvalue weighted by Gasteiger charge is 2.41. The van der Waals surface area contributed by atoms with E-state index in [4.69, 9.17) is 9.47 Å². The molecule has 0 radical (unpaired) electrons. The number of nitrogens with zero attached hydrogens (tertiary/aromatic N) is 4. The molecule has 1 N–H and O–H groups in total. The molecule has 1 spiro atoms. The zero-order valence-electron chi connectivity index (χ0n) is 18.6. The molecule has 1 aromatic heterocycles. The molecule has 8 nitrogen and oxygen atoms in total. The van der Waals surface area contributed by atoms with E-state index in [9.17, 15) is 4.79 Å². The van der Waals surface area contributed by atoms with E-state index in [1.54, 1.807) is 6.33 Å². The van der Waals surface area contributed by atoms with Gasteiger partial charge in [-0.25, -0.2) is 9.97 Å². The smallest absolute Gasteiger partial charge is 0.225 e. The number of likely N-dealkylation sites (tertiary alicyclic amines) is 1. The molecule has 0 bridgehead atoms. The van der Waals surface area contributed by atoms with Gasteiger partial charge in [-0.3, -0.25) is 4.79 Å². The number of hydrogen-bond donors (Lipinski definition) is 1. The van der Waals surface area contributed by atoms with Crippen molar-refractivity contribution in [3.8, 4) is 0 Å². The fourth-order valence-electron chi connectivity index (χ4n) is 4.84. The highest BCUT2D eigenvalue weighted by Crippen LogP contribution is 2.33. The van der Waals surface area contributed by atoms with Gasteiger partial charge in [0.25, 0.3) is 0 Å². The molecular weight excluding hydrogens is 406 g/mol. The van der Waals surface area contributed by atoms with Gasteiger partial charge in [-0.1, -0.05) is 17.7 Å². The molecule has 3 saturated heterocycles. The number of hydrogen-bond acceptors (Lipinski definition) is 7. The van der Waals surface area contributed by atoms with Crippen molar-refractivity contribution >= 4 is 23.2 Å². The van der Waals surface area contributed by atoms with Crippen LogP contribution in [-0.4, -0.2) is 66.0 Å². The molecule has 170 valence electrons. The van der Waals surface area contributed by atoms with Crippen molar-refractivity contribution in [3.63, 3.8) is 0 Å². The summed E-state index contributed by atoms with van der Waals surface area (Å²) < 4.78 is 11.6. The molecule has 8 heteroatoms. The summed E-state index contributed by atoms with van der Waals surface area (Å²) in [6, 6.07) is 10.2. The Morgan fingerprint density at radius 3 is 2.41 bits per heavy atom. The first-order chi connectivity index (χ1) is 15.6. The second-order valence-electron chi connectivity index (χ2n) is 8.95. The second kappa shape index (κ2) is 9.03. The molecule has 0 aliphatic carbocycles. The minimum absolute atomic E-state index is 0.0812. The lowest BCUT2D eigenvalue weighted by molar-refractivity contribution is -0.188. The summed E-state index contributed by atoms with van der Waals surface area (Å²) in [6.45, 7) is 6.48. The molecule has 3 aliphatic heterocycles. The number of carbonyl (C=O) groups is 1. The Morgan fingerprint density at radius 2 is 1.72 bits per heavy atom. The highest BCUT2D eigenvalue weighted by atomic mass is 16.7. The fraction of sp³-hybridized carbons (Fsp3) is 0.542. The largest absolute Gasteiger partial charge is 0.356 e. The van der Waals surface area contributed by atoms with Crippen LogP contribution in [0.25, 0.3) is 0 Å². The van der Waals surface area contributed by atoms with E-state index in [2.05, 4.69) is 39.2 Å². The third-order valence-corrected chi connectivity index (χ3v) is 6.80. The lowest BCUT2D eigenvalue weighted by atomic mass is 9.93. The van der Waals surface area contributed by atoms with E-state index >= 15 is 0 Å². The first-order valence-corrected chi connectivity index (χ1v) is 11.6. The molecule has 3 aliphatic rings. The number of anilines is 3. The van der Waals surface area contributed by atoms with Crippen molar-refractivity contribution < 1.29 is 14.3 Å². The average Bonchev–Trinajstić information content (AvgIpc) is 3.29. The molecule has 3 fully saturated rings. The number of rotatable bonds is 4. The second-order valence-corrected chi connectivity index (χ2v) is 8.95. The SMILES string of the molecule is Cc1ccc(Nc2cc(N3CCC(C(=O)N4CCC5(CC4)OCCO5)CC3)ncn2)cc1. The summed E-state index contributed by atoms with van der Waals surface area (Å²) in [6.07, 6.45) is 4.83. The molecule has 1 amide bonds. The Morgan fingerprint density at radius 1 is 1.03 bits per heavy atom. The highest BCUT2D eigenvalue weighted by molar-refractivity contribution is 5.79. The summed E-state index contributed by atoms with van der Waals surface area (Å²) in [5.74, 6) is 1.60. The number of aryl methyl sites for hydroxylation is 1. The topological polar surface area (TPSA) is 79.8 Å². The van der Waals surface area contributed by atoms with Gasteiger partial charge in [0.15, 0.2) is 5.79 Å². The van der Waals surface area contributed by atoms with Crippen LogP contribution in [0, 0.1) is 12.8 Å². The maximum Gasteiger partial charge on any atom is 0.225 e. The lowest BCUT2D eigenvalue weighted by Crippen LogP contribution is -2.50. The molecule has 32 heavy (non-hydrogen) atoms. The first kappa shape index (κ1) is 21.2. The van der Waals surface area contributed by atoms with Gasteiger partial charge in [0.05, 0.1) is 13.2 Å². The van der Waals surface area contributed by atoms with Gasteiger partial charge in [0.2, 0.25) is 5.91 Å². The van der Waals surface area contributed by atoms with Crippen molar-refractivity contribution in [3.05, 3.63) is 42.2 Å². The summed E-state index contributed by atoms with van der Waals surface area (Å²) in [5.41, 5.74) is 2.22. The van der Waals surface area contributed by atoms with E-state index < -0.39 is 5.79 Å². The van der Waals surface area contributed by atoms with Gasteiger partial charge in [-0.15, -0.1) is 0 Å². The normalized spacial score (nSPS) is 21.2. The van der Waals surface area contributed by atoms with Crippen LogP contribution in [0.2, 0.25) is 0 Å². The number of aromatic nitrogens is 2. The van der Waals surface area contributed by atoms with Crippen LogP contribution in [0.3, 0.4) is 0 Å². The van der Waals surface area contributed by atoms with E-state index in [1.807, 2.05) is 23.1 Å². The van der Waals surface area contributed by atoms with Crippen LogP contribution in [-0.2, 0) is 14.3 Å². The Bertz CT molecular complexity index is 927. The van der Waals surface area contributed by atoms with Gasteiger partial charge >= 0.3 is 0 Å². The Labute approximate surface area is 188 Å². The van der Waals surface area contributed by atoms with Crippen LogP contribution < -0.4 is 10.2 Å². The third kappa shape index (κ3) is 4.56. The van der Waals surface area contributed by atoms with Crippen LogP contribution >= 0.6 is 0 Å². The van der Waals surface area contributed by atoms with Crippen molar-refractivity contribution in [1.82, 2.24) is 14.9 Å². The fourth-order valence-corrected chi connectivity index (χ4v) is 4.84. The van der Waals surface area contributed by atoms with E-state index in [0.717, 1.165) is 69.2 Å². The van der Waals surface area contributed by atoms with Gasteiger partial charge in [0, 0.05) is 56.7 Å². The Balaban J connectivity index is 1.14. The van der Waals surface area contributed by atoms with Gasteiger partial charge in [-0.2, -0.15) is 0 Å². The number of benzene rings is 1. The number of carbonyl (C=O) groups excluding carboxylic acids is 1. The average molecular weight is 438 g/mol. The first-order valence-electron chi connectivity index (χ1n) is 11.6. The maximum atomic E-state index is 13.1. The Hall–Kier alpha value is -2.71. The third-order valence-electron chi connectivity index (χ3n) is 6.80. The minimum Gasteiger partial charge on any atom is -0.356 e. The quantitative estimate of drug-likeness (QED) is 0.787. The van der Waals surface area contributed by atoms with E-state index in [1.165, 1.54) is 5.56 Å². The van der Waals surface area contributed by atoms with Crippen molar-refractivity contribution in [1.29, 1.82) is 0 Å². The van der Waals surface area contributed by atoms with Crippen molar-refractivity contribution in [2.75, 3.05) is 49.6 Å². The number of piperidine rings is 2. The van der Waals surface area contributed by atoms with Crippen LogP contribution in [0.4, 0.5) is 17.3 Å². The standard InChI is InChI=1S/C24H31N5O3/c1-18-2-4-20(5-3-18)27-21-16-22(26-17-25-21)28-10-6-19(7-11-28)23(30)29-12-8-24(9-13-29)31-14-15-32-24/h2-5,16-17,19H,6-15H2,1H3,(H,25,26,27). The number of amides is 1. The van der Waals surface area contributed by atoms with Gasteiger partial charge in [-0.05, 0) is 31.9 Å². The monoisotopic (exact) mass is 437 g/mol. The van der Waals surface area contributed by atoms with E-state index in [0.29, 0.717) is 13.2 Å². The summed E-state index contributed by atoms with van der Waals surface area (Å²) in [5, 5.41) is 3.34. The molecule has 5 rings (SSSR count). The molecule has 0 unspecified atom stereocenters. The van der Waals surface area contributed by atoms with Crippen LogP contribution in [0.5, 0.6) is 0 Å². The lowest BCUT2D eigenvalue weighted by Gasteiger charge is -2.40. The molecule has 2 aromatic rings. The molecular formula is C24H31N5O3.